The molecule has 2 aliphatic rings. The molecule has 5 heteroatoms. The van der Waals surface area contributed by atoms with E-state index in [0.717, 1.165) is 44.3 Å². The second kappa shape index (κ2) is 9.53. The van der Waals surface area contributed by atoms with Crippen LogP contribution in [-0.2, 0) is 0 Å². The highest BCUT2D eigenvalue weighted by atomic mass is 16.5. The Morgan fingerprint density at radius 3 is 2.50 bits per heavy atom. The first kappa shape index (κ1) is 22.7. The van der Waals surface area contributed by atoms with E-state index >= 15 is 0 Å². The number of anilines is 1. The van der Waals surface area contributed by atoms with E-state index in [0.29, 0.717) is 24.3 Å². The van der Waals surface area contributed by atoms with E-state index in [-0.39, 0.29) is 17.9 Å². The van der Waals surface area contributed by atoms with Crippen molar-refractivity contribution in [2.24, 2.45) is 5.92 Å². The normalized spacial score (nSPS) is 25.2. The number of methoxy groups -OCH3 is 1. The standard InChI is InChI=1S/C27H36N2O3/c1-4-28(5-2)21-15-13-20(14-16-21)25-23-11-8-9-17-27(23,31)18-19-29(25)26(30)22-10-6-7-12-24(22)32-3/h6-7,10,12-16,23,25,31H,4-5,8-9,11,17-19H2,1-3H3/t23-,25-,27-/m0/s1. The van der Waals surface area contributed by atoms with Crippen LogP contribution < -0.4 is 9.64 Å². The van der Waals surface area contributed by atoms with Gasteiger partial charge in [0.2, 0.25) is 0 Å². The Kier molecular flexibility index (Phi) is 6.75. The average molecular weight is 437 g/mol. The zero-order chi connectivity index (χ0) is 22.7. The van der Waals surface area contributed by atoms with Gasteiger partial charge in [-0.25, -0.2) is 0 Å². The molecule has 0 unspecified atom stereocenters. The van der Waals surface area contributed by atoms with Crippen molar-refractivity contribution in [2.75, 3.05) is 31.6 Å². The molecule has 1 saturated heterocycles. The van der Waals surface area contributed by atoms with Crippen molar-refractivity contribution in [1.29, 1.82) is 0 Å². The van der Waals surface area contributed by atoms with Gasteiger partial charge in [0.25, 0.3) is 5.91 Å². The molecular formula is C27H36N2O3. The van der Waals surface area contributed by atoms with Crippen LogP contribution in [-0.4, -0.2) is 48.3 Å². The number of piperidine rings is 1. The van der Waals surface area contributed by atoms with Crippen LogP contribution in [0.1, 0.15) is 67.9 Å². The number of nitrogens with zero attached hydrogens (tertiary/aromatic N) is 2. The lowest BCUT2D eigenvalue weighted by Gasteiger charge is -2.52. The molecule has 1 aliphatic heterocycles. The third kappa shape index (κ3) is 4.11. The molecule has 32 heavy (non-hydrogen) atoms. The minimum absolute atomic E-state index is 0.0205. The molecule has 5 nitrogen and oxygen atoms in total. The van der Waals surface area contributed by atoms with Crippen LogP contribution in [0.25, 0.3) is 0 Å². The number of amides is 1. The largest absolute Gasteiger partial charge is 0.496 e. The first-order valence-electron chi connectivity index (χ1n) is 12.0. The summed E-state index contributed by atoms with van der Waals surface area (Å²) in [5.74, 6) is 0.619. The molecule has 0 radical (unpaired) electrons. The molecule has 0 spiro atoms. The van der Waals surface area contributed by atoms with Crippen LogP contribution in [0.4, 0.5) is 5.69 Å². The van der Waals surface area contributed by atoms with Crippen LogP contribution in [0.2, 0.25) is 0 Å². The first-order valence-corrected chi connectivity index (χ1v) is 12.0. The smallest absolute Gasteiger partial charge is 0.258 e. The third-order valence-corrected chi connectivity index (χ3v) is 7.53. The molecule has 172 valence electrons. The van der Waals surface area contributed by atoms with Gasteiger partial charge in [-0.3, -0.25) is 4.79 Å². The molecule has 0 aromatic heterocycles. The number of aliphatic hydroxyl groups is 1. The van der Waals surface area contributed by atoms with Crippen molar-refractivity contribution in [3.8, 4) is 5.75 Å². The van der Waals surface area contributed by atoms with Gasteiger partial charge in [-0.2, -0.15) is 0 Å². The van der Waals surface area contributed by atoms with Crippen LogP contribution >= 0.6 is 0 Å². The summed E-state index contributed by atoms with van der Waals surface area (Å²) in [6.07, 6.45) is 4.54. The van der Waals surface area contributed by atoms with Crippen molar-refractivity contribution < 1.29 is 14.6 Å². The zero-order valence-corrected chi connectivity index (χ0v) is 19.6. The van der Waals surface area contributed by atoms with Gasteiger partial charge in [0.05, 0.1) is 24.3 Å². The number of carbonyl (C=O) groups is 1. The van der Waals surface area contributed by atoms with Crippen molar-refractivity contribution >= 4 is 11.6 Å². The molecule has 1 amide bonds. The maximum Gasteiger partial charge on any atom is 0.258 e. The summed E-state index contributed by atoms with van der Waals surface area (Å²) >= 11 is 0. The van der Waals surface area contributed by atoms with Gasteiger partial charge in [-0.05, 0) is 62.9 Å². The highest BCUT2D eigenvalue weighted by molar-refractivity contribution is 5.97. The van der Waals surface area contributed by atoms with Crippen LogP contribution in [0.15, 0.2) is 48.5 Å². The van der Waals surface area contributed by atoms with Gasteiger partial charge in [-0.15, -0.1) is 0 Å². The van der Waals surface area contributed by atoms with Gasteiger partial charge >= 0.3 is 0 Å². The fraction of sp³-hybridized carbons (Fsp3) is 0.519. The second-order valence-corrected chi connectivity index (χ2v) is 9.11. The number of benzene rings is 2. The van der Waals surface area contributed by atoms with Crippen LogP contribution in [0.5, 0.6) is 5.75 Å². The molecule has 2 aromatic rings. The fourth-order valence-corrected chi connectivity index (χ4v) is 5.77. The molecule has 1 aliphatic carbocycles. The minimum Gasteiger partial charge on any atom is -0.496 e. The summed E-state index contributed by atoms with van der Waals surface area (Å²) in [5.41, 5.74) is 2.18. The Morgan fingerprint density at radius 1 is 1.09 bits per heavy atom. The molecule has 1 heterocycles. The molecular weight excluding hydrogens is 400 g/mol. The molecule has 1 saturated carbocycles. The summed E-state index contributed by atoms with van der Waals surface area (Å²) in [7, 11) is 1.60. The molecule has 2 aromatic carbocycles. The number of rotatable bonds is 6. The Bertz CT molecular complexity index is 925. The number of hydrogen-bond acceptors (Lipinski definition) is 4. The lowest BCUT2D eigenvalue weighted by molar-refractivity contribution is -0.115. The van der Waals surface area contributed by atoms with E-state index < -0.39 is 5.60 Å². The first-order chi connectivity index (χ1) is 15.5. The van der Waals surface area contributed by atoms with E-state index in [9.17, 15) is 9.90 Å². The topological polar surface area (TPSA) is 53.0 Å². The van der Waals surface area contributed by atoms with Crippen molar-refractivity contribution in [3.63, 3.8) is 0 Å². The third-order valence-electron chi connectivity index (χ3n) is 7.53. The zero-order valence-electron chi connectivity index (χ0n) is 19.6. The van der Waals surface area contributed by atoms with Gasteiger partial charge in [0.15, 0.2) is 0 Å². The Hall–Kier alpha value is -2.53. The number of fused-ring (bicyclic) bond motifs is 1. The number of ether oxygens (including phenoxy) is 1. The van der Waals surface area contributed by atoms with E-state index in [1.165, 1.54) is 5.69 Å². The maximum atomic E-state index is 13.8. The fourth-order valence-electron chi connectivity index (χ4n) is 5.77. The van der Waals surface area contributed by atoms with Gasteiger partial charge in [-0.1, -0.05) is 37.1 Å². The van der Waals surface area contributed by atoms with E-state index in [2.05, 4.69) is 43.0 Å². The highest BCUT2D eigenvalue weighted by Gasteiger charge is 2.50. The van der Waals surface area contributed by atoms with Crippen LogP contribution in [0.3, 0.4) is 0 Å². The molecule has 0 bridgehead atoms. The van der Waals surface area contributed by atoms with E-state index in [1.807, 2.05) is 29.2 Å². The van der Waals surface area contributed by atoms with Gasteiger partial charge in [0, 0.05) is 31.2 Å². The van der Waals surface area contributed by atoms with Crippen molar-refractivity contribution in [1.82, 2.24) is 4.90 Å². The average Bonchev–Trinajstić information content (AvgIpc) is 2.84. The quantitative estimate of drug-likeness (QED) is 0.688. The number of carbonyl (C=O) groups excluding carboxylic acids is 1. The lowest BCUT2D eigenvalue weighted by Crippen LogP contribution is -2.56. The van der Waals surface area contributed by atoms with E-state index in [4.69, 9.17) is 4.74 Å². The number of para-hydroxylation sites is 1. The summed E-state index contributed by atoms with van der Waals surface area (Å²) < 4.78 is 5.49. The minimum atomic E-state index is -0.696. The SMILES string of the molecule is CCN(CC)c1ccc([C@H]2[C@@H]3CCCC[C@]3(O)CCN2C(=O)c2ccccc2OC)cc1. The maximum absolute atomic E-state index is 13.8. The Balaban J connectivity index is 1.73. The molecule has 3 atom stereocenters. The van der Waals surface area contributed by atoms with Gasteiger partial charge in [0.1, 0.15) is 5.75 Å². The summed E-state index contributed by atoms with van der Waals surface area (Å²) in [6, 6.07) is 15.9. The Morgan fingerprint density at radius 2 is 1.81 bits per heavy atom. The number of hydrogen-bond donors (Lipinski definition) is 1. The van der Waals surface area contributed by atoms with Crippen LogP contribution in [0, 0.1) is 5.92 Å². The van der Waals surface area contributed by atoms with Crippen molar-refractivity contribution in [3.05, 3.63) is 59.7 Å². The lowest BCUT2D eigenvalue weighted by atomic mass is 9.66. The Labute approximate surface area is 192 Å². The monoisotopic (exact) mass is 436 g/mol. The molecule has 1 N–H and O–H groups in total. The summed E-state index contributed by atoms with van der Waals surface area (Å²) in [4.78, 5) is 18.1. The van der Waals surface area contributed by atoms with Crippen molar-refractivity contribution in [2.45, 2.75) is 57.6 Å². The second-order valence-electron chi connectivity index (χ2n) is 9.11. The summed E-state index contributed by atoms with van der Waals surface area (Å²) in [6.45, 7) is 6.79. The summed E-state index contributed by atoms with van der Waals surface area (Å²) in [5, 5.41) is 11.5. The predicted octanol–water partition coefficient (Wildman–Crippen LogP) is 5.05. The molecule has 2 fully saturated rings. The van der Waals surface area contributed by atoms with E-state index in [1.54, 1.807) is 7.11 Å². The molecule has 4 rings (SSSR count). The predicted molar refractivity (Wildman–Crippen MR) is 128 cm³/mol. The number of likely N-dealkylation sites (tertiary alicyclic amines) is 1. The van der Waals surface area contributed by atoms with Gasteiger partial charge < -0.3 is 19.6 Å². The highest BCUT2D eigenvalue weighted by Crippen LogP contribution is 2.50.